The Bertz CT molecular complexity index is 1090. The summed E-state index contributed by atoms with van der Waals surface area (Å²) in [5.41, 5.74) is 12.6. The minimum Gasteiger partial charge on any atom is -0.548 e. The van der Waals surface area contributed by atoms with E-state index in [4.69, 9.17) is 11.5 Å². The average Bonchev–Trinajstić information content (AvgIpc) is 3.21. The summed E-state index contributed by atoms with van der Waals surface area (Å²) in [4.78, 5) is 43.7. The van der Waals surface area contributed by atoms with Crippen molar-refractivity contribution >= 4 is 45.9 Å². The molecule has 0 aliphatic heterocycles. The Morgan fingerprint density at radius 1 is 0.697 bits per heavy atom. The van der Waals surface area contributed by atoms with Crippen LogP contribution in [0.2, 0.25) is 0 Å². The fourth-order valence-electron chi connectivity index (χ4n) is 2.31. The van der Waals surface area contributed by atoms with Gasteiger partial charge in [0.15, 0.2) is 22.9 Å². The first-order valence-corrected chi connectivity index (χ1v) is 7.59. The number of aliphatic carboxylic acids is 2. The minimum absolute atomic E-state index is 0. The van der Waals surface area contributed by atoms with Crippen LogP contribution in [0.3, 0.4) is 0 Å². The molecule has 33 heavy (non-hydrogen) atoms. The van der Waals surface area contributed by atoms with E-state index in [2.05, 4.69) is 29.9 Å². The third-order valence-electron chi connectivity index (χ3n) is 3.46. The Morgan fingerprint density at radius 3 is 1.33 bits per heavy atom. The van der Waals surface area contributed by atoms with Crippen LogP contribution in [0.5, 0.6) is 0 Å². The molecule has 0 atom stereocenters. The molecule has 4 heterocycles. The molecule has 0 unspecified atom stereocenters. The van der Waals surface area contributed by atoms with E-state index in [0.717, 1.165) is 0 Å². The number of anilines is 2. The zero-order valence-corrected chi connectivity index (χ0v) is 17.8. The summed E-state index contributed by atoms with van der Waals surface area (Å²) in [7, 11) is 0. The van der Waals surface area contributed by atoms with Gasteiger partial charge < -0.3 is 62.3 Å². The fraction of sp³-hybridized carbons (Fsp3) is 0.143. The number of nitrogens with two attached hydrogens (primary N) is 2. The molecule has 4 aromatic rings. The third kappa shape index (κ3) is 7.56. The molecule has 4 aromatic heterocycles. The number of aromatic nitrogens is 8. The maximum absolute atomic E-state index is 10.4. The van der Waals surface area contributed by atoms with E-state index in [0.29, 0.717) is 22.3 Å². The van der Waals surface area contributed by atoms with Crippen molar-refractivity contribution in [2.45, 2.75) is 13.1 Å². The van der Waals surface area contributed by atoms with Crippen LogP contribution in [0, 0.1) is 0 Å². The molecule has 0 amide bonds. The van der Waals surface area contributed by atoms with E-state index in [1.165, 1.54) is 34.4 Å². The van der Waals surface area contributed by atoms with Gasteiger partial charge in [0.2, 0.25) is 0 Å². The molecule has 0 fully saturated rings. The summed E-state index contributed by atoms with van der Waals surface area (Å²) in [5.74, 6) is -1.96. The smallest absolute Gasteiger partial charge is 0.548 e. The minimum atomic E-state index is -1.21. The predicted octanol–water partition coefficient (Wildman–Crippen LogP) is -7.37. The normalized spacial score (nSPS) is 8.97. The zero-order chi connectivity index (χ0) is 20.3. The van der Waals surface area contributed by atoms with E-state index in [9.17, 15) is 19.8 Å². The maximum Gasteiger partial charge on any atom is 2.00 e. The van der Waals surface area contributed by atoms with Crippen LogP contribution in [0.25, 0.3) is 22.3 Å². The second-order valence-corrected chi connectivity index (χ2v) is 5.35. The Kier molecular flexibility index (Phi) is 14.4. The van der Waals surface area contributed by atoms with Gasteiger partial charge in [-0.3, -0.25) is 0 Å². The van der Waals surface area contributed by atoms with Gasteiger partial charge in [-0.25, -0.2) is 29.9 Å². The summed E-state index contributed by atoms with van der Waals surface area (Å²) in [6.07, 6.45) is 5.19. The average molecular weight is 519 g/mol. The van der Waals surface area contributed by atoms with Crippen LogP contribution in [-0.4, -0.2) is 51.0 Å². The van der Waals surface area contributed by atoms with Crippen LogP contribution < -0.4 is 21.7 Å². The summed E-state index contributed by atoms with van der Waals surface area (Å²) in [6, 6.07) is 0. The molecule has 0 saturated heterocycles. The van der Waals surface area contributed by atoms with Crippen molar-refractivity contribution in [3.63, 3.8) is 0 Å². The summed E-state index contributed by atoms with van der Waals surface area (Å²) < 4.78 is 2.67. The molecular formula is C14H24CoN10O8+4. The number of hydrogen-bond acceptors (Lipinski definition) is 12. The Balaban J connectivity index is -0.000000474. The van der Waals surface area contributed by atoms with Crippen LogP contribution >= 0.6 is 0 Å². The summed E-state index contributed by atoms with van der Waals surface area (Å²) >= 11 is 0. The van der Waals surface area contributed by atoms with Crippen molar-refractivity contribution in [3.05, 3.63) is 25.3 Å². The molecule has 183 valence electrons. The Morgan fingerprint density at radius 2 is 1.03 bits per heavy atom. The van der Waals surface area contributed by atoms with Gasteiger partial charge in [0.05, 0.1) is 37.7 Å². The Labute approximate surface area is 193 Å². The first kappa shape index (κ1) is 33.6. The Hall–Kier alpha value is -4.01. The van der Waals surface area contributed by atoms with Crippen molar-refractivity contribution in [1.82, 2.24) is 39.0 Å². The molecule has 19 heteroatoms. The molecule has 0 aromatic carbocycles. The number of carboxylic acid groups (broad SMARTS) is 2. The number of hydrogen-bond donors (Lipinski definition) is 2. The zero-order valence-electron chi connectivity index (χ0n) is 16.7. The topological polar surface area (TPSA) is 352 Å². The second-order valence-electron chi connectivity index (χ2n) is 5.35. The largest absolute Gasteiger partial charge is 2.00 e. The van der Waals surface area contributed by atoms with Crippen LogP contribution in [0.15, 0.2) is 25.3 Å². The SMILES string of the molecule is Nc1ncnc2c1ncn2CC(=O)[O-].Nc1ncnc2c1ncn2CC(=O)[O-].[Co+2].[OH3+].[OH3+].[OH3+].[OH3+]. The molecule has 16 N–H and O–H groups in total. The molecule has 0 spiro atoms. The number of rotatable bonds is 4. The monoisotopic (exact) mass is 519 g/mol. The van der Waals surface area contributed by atoms with Gasteiger partial charge in [0.25, 0.3) is 0 Å². The number of nitrogen functional groups attached to an aromatic ring is 2. The van der Waals surface area contributed by atoms with E-state index >= 15 is 0 Å². The summed E-state index contributed by atoms with van der Waals surface area (Å²) in [6.45, 7) is -0.597. The molecule has 0 bridgehead atoms. The van der Waals surface area contributed by atoms with Gasteiger partial charge in [-0.2, -0.15) is 0 Å². The second kappa shape index (κ2) is 14.1. The first-order chi connectivity index (χ1) is 13.4. The van der Waals surface area contributed by atoms with Gasteiger partial charge in [-0.1, -0.05) is 0 Å². The van der Waals surface area contributed by atoms with E-state index < -0.39 is 11.9 Å². The van der Waals surface area contributed by atoms with E-state index in [1.54, 1.807) is 0 Å². The maximum atomic E-state index is 10.4. The van der Waals surface area contributed by atoms with E-state index in [-0.39, 0.29) is 63.4 Å². The number of imidazole rings is 2. The van der Waals surface area contributed by atoms with Crippen molar-refractivity contribution < 1.29 is 58.5 Å². The van der Waals surface area contributed by atoms with Crippen LogP contribution in [0.4, 0.5) is 11.6 Å². The quantitative estimate of drug-likeness (QED) is 0.237. The number of nitrogens with zero attached hydrogens (tertiary/aromatic N) is 8. The predicted molar refractivity (Wildman–Crippen MR) is 109 cm³/mol. The first-order valence-electron chi connectivity index (χ1n) is 7.59. The van der Waals surface area contributed by atoms with Crippen molar-refractivity contribution in [2.24, 2.45) is 0 Å². The molecule has 18 nitrogen and oxygen atoms in total. The molecule has 1 radical (unpaired) electrons. The third-order valence-corrected chi connectivity index (χ3v) is 3.46. The van der Waals surface area contributed by atoms with Crippen LogP contribution in [-0.2, 0) is 61.4 Å². The molecule has 0 saturated carbocycles. The molecular weight excluding hydrogens is 495 g/mol. The van der Waals surface area contributed by atoms with Crippen molar-refractivity contribution in [3.8, 4) is 0 Å². The van der Waals surface area contributed by atoms with Gasteiger partial charge in [-0.15, -0.1) is 0 Å². The fourth-order valence-corrected chi connectivity index (χ4v) is 2.31. The molecule has 0 aliphatic rings. The summed E-state index contributed by atoms with van der Waals surface area (Å²) in [5, 5.41) is 20.7. The number of carboxylic acids is 2. The van der Waals surface area contributed by atoms with Crippen molar-refractivity contribution in [1.29, 1.82) is 0 Å². The number of carbonyl (C=O) groups excluding carboxylic acids is 2. The van der Waals surface area contributed by atoms with E-state index in [1.807, 2.05) is 0 Å². The van der Waals surface area contributed by atoms with Crippen molar-refractivity contribution in [2.75, 3.05) is 11.5 Å². The standard InChI is InChI=1S/2C7H7N5O2.Co.4H2O/c2*8-6-5-7(10-2-9-6)12(3-11-5)1-4(13)14;;;;;/h2*2-3H,1H2,(H,13,14)(H2,8,9,10);;4*1H2/q;;+2;;;;/p+2. The van der Waals surface area contributed by atoms with Crippen LogP contribution in [0.1, 0.15) is 0 Å². The molecule has 0 aliphatic carbocycles. The van der Waals surface area contributed by atoms with Gasteiger partial charge in [-0.05, 0) is 0 Å². The van der Waals surface area contributed by atoms with Gasteiger partial charge in [0, 0.05) is 0 Å². The molecule has 4 rings (SSSR count). The van der Waals surface area contributed by atoms with Gasteiger partial charge >= 0.3 is 16.8 Å². The number of carbonyl (C=O) groups is 2. The van der Waals surface area contributed by atoms with Gasteiger partial charge in [0.1, 0.15) is 23.7 Å². The number of fused-ring (bicyclic) bond motifs is 2.